The number of allylic oxidation sites excluding steroid dienone is 1. The molecule has 0 bridgehead atoms. The fraction of sp³-hybridized carbons (Fsp3) is 0.269. The molecular weight excluding hydrogens is 431 g/mol. The van der Waals surface area contributed by atoms with Crippen LogP contribution >= 0.6 is 0 Å². The van der Waals surface area contributed by atoms with E-state index in [1.54, 1.807) is 22.9 Å². The van der Waals surface area contributed by atoms with Crippen LogP contribution in [0.2, 0.25) is 0 Å². The number of hydrogen-bond donors (Lipinski definition) is 2. The Labute approximate surface area is 197 Å². The second-order valence-electron chi connectivity index (χ2n) is 8.63. The van der Waals surface area contributed by atoms with Crippen LogP contribution in [-0.4, -0.2) is 48.5 Å². The molecule has 1 saturated heterocycles. The lowest BCUT2D eigenvalue weighted by atomic mass is 10.0. The molecule has 4 heterocycles. The van der Waals surface area contributed by atoms with Crippen LogP contribution in [0.4, 0.5) is 10.2 Å². The molecule has 0 amide bonds. The summed E-state index contributed by atoms with van der Waals surface area (Å²) in [6.45, 7) is 6.20. The van der Waals surface area contributed by atoms with Crippen LogP contribution in [-0.2, 0) is 13.0 Å². The molecule has 1 fully saturated rings. The van der Waals surface area contributed by atoms with Crippen molar-refractivity contribution >= 4 is 11.5 Å². The van der Waals surface area contributed by atoms with Crippen molar-refractivity contribution in [1.29, 1.82) is 0 Å². The van der Waals surface area contributed by atoms with Crippen molar-refractivity contribution in [2.45, 2.75) is 31.9 Å². The van der Waals surface area contributed by atoms with Gasteiger partial charge in [-0.05, 0) is 42.2 Å². The minimum Gasteiger partial charge on any atom is -0.392 e. The van der Waals surface area contributed by atoms with Crippen molar-refractivity contribution in [3.63, 3.8) is 0 Å². The number of aromatic nitrogens is 4. The van der Waals surface area contributed by atoms with Gasteiger partial charge in [0.05, 0.1) is 12.8 Å². The maximum absolute atomic E-state index is 13.7. The summed E-state index contributed by atoms with van der Waals surface area (Å²) < 4.78 is 15.4. The van der Waals surface area contributed by atoms with Gasteiger partial charge in [0.25, 0.3) is 0 Å². The van der Waals surface area contributed by atoms with E-state index in [-0.39, 0.29) is 18.5 Å². The van der Waals surface area contributed by atoms with Crippen LogP contribution in [0.5, 0.6) is 0 Å². The van der Waals surface area contributed by atoms with Gasteiger partial charge in [-0.2, -0.15) is 0 Å². The number of nitrogens with zero attached hydrogens (tertiary/aromatic N) is 5. The summed E-state index contributed by atoms with van der Waals surface area (Å²) in [6.07, 6.45) is 7.63. The zero-order valence-electron chi connectivity index (χ0n) is 18.9. The number of aliphatic hydroxyl groups is 1. The summed E-state index contributed by atoms with van der Waals surface area (Å²) in [5, 5.41) is 12.8. The Bertz CT molecular complexity index is 1300. The number of pyridine rings is 1. The van der Waals surface area contributed by atoms with Crippen LogP contribution in [0.1, 0.15) is 24.0 Å². The van der Waals surface area contributed by atoms with Crippen LogP contribution < -0.4 is 5.32 Å². The zero-order valence-corrected chi connectivity index (χ0v) is 18.9. The van der Waals surface area contributed by atoms with E-state index >= 15 is 0 Å². The van der Waals surface area contributed by atoms with Gasteiger partial charge in [-0.1, -0.05) is 30.8 Å². The van der Waals surface area contributed by atoms with Gasteiger partial charge in [0.1, 0.15) is 23.0 Å². The van der Waals surface area contributed by atoms with Gasteiger partial charge in [-0.25, -0.2) is 19.3 Å². The number of benzene rings is 1. The monoisotopic (exact) mass is 458 g/mol. The largest absolute Gasteiger partial charge is 0.392 e. The molecule has 0 spiro atoms. The molecule has 2 N–H and O–H groups in total. The Morgan fingerprint density at radius 2 is 1.94 bits per heavy atom. The molecular formula is C26H27FN6O. The molecule has 5 rings (SSSR count). The van der Waals surface area contributed by atoms with Crippen molar-refractivity contribution in [2.75, 3.05) is 18.4 Å². The lowest BCUT2D eigenvalue weighted by molar-refractivity contribution is 0.265. The highest BCUT2D eigenvalue weighted by molar-refractivity contribution is 5.58. The first-order valence-electron chi connectivity index (χ1n) is 11.4. The maximum atomic E-state index is 13.7. The number of halogens is 1. The van der Waals surface area contributed by atoms with Crippen LogP contribution in [0, 0.1) is 5.82 Å². The molecule has 174 valence electrons. The SMILES string of the molecule is C=C(Cc1ccc(CO)cc1)N1CCCC(Nc2ccnc(-c3cnc4ccc(F)cn34)n2)C1. The lowest BCUT2D eigenvalue weighted by Gasteiger charge is -2.36. The highest BCUT2D eigenvalue weighted by Crippen LogP contribution is 2.22. The molecule has 0 radical (unpaired) electrons. The van der Waals surface area contributed by atoms with Gasteiger partial charge in [0.15, 0.2) is 5.82 Å². The molecule has 0 aliphatic carbocycles. The Hall–Kier alpha value is -3.78. The summed E-state index contributed by atoms with van der Waals surface area (Å²) >= 11 is 0. The van der Waals surface area contributed by atoms with Crippen molar-refractivity contribution in [3.05, 3.63) is 90.3 Å². The van der Waals surface area contributed by atoms with Gasteiger partial charge in [-0.15, -0.1) is 0 Å². The van der Waals surface area contributed by atoms with Crippen molar-refractivity contribution in [1.82, 2.24) is 24.3 Å². The standard InChI is InChI=1S/C26H27FN6O/c1-18(13-19-4-6-20(17-34)7-5-19)32-12-2-3-22(16-32)30-24-10-11-28-26(31-24)23-14-29-25-9-8-21(27)15-33(23)25/h4-11,14-15,22,34H,1-3,12-13,16-17H2,(H,28,30,31). The third kappa shape index (κ3) is 4.77. The fourth-order valence-electron chi connectivity index (χ4n) is 4.38. The van der Waals surface area contributed by atoms with Crippen molar-refractivity contribution < 1.29 is 9.50 Å². The predicted octanol–water partition coefficient (Wildman–Crippen LogP) is 4.06. The first kappa shape index (κ1) is 22.0. The normalized spacial score (nSPS) is 16.1. The molecule has 3 aromatic heterocycles. The van der Waals surface area contributed by atoms with E-state index in [1.165, 1.54) is 17.8 Å². The van der Waals surface area contributed by atoms with Crippen LogP contribution in [0.3, 0.4) is 0 Å². The minimum absolute atomic E-state index is 0.0552. The van der Waals surface area contributed by atoms with Crippen molar-refractivity contribution in [3.8, 4) is 11.5 Å². The fourth-order valence-corrected chi connectivity index (χ4v) is 4.38. The first-order valence-corrected chi connectivity index (χ1v) is 11.4. The van der Waals surface area contributed by atoms with E-state index in [0.717, 1.165) is 49.4 Å². The number of imidazole rings is 1. The van der Waals surface area contributed by atoms with E-state index < -0.39 is 0 Å². The molecule has 7 nitrogen and oxygen atoms in total. The van der Waals surface area contributed by atoms with Gasteiger partial charge >= 0.3 is 0 Å². The number of rotatable bonds is 7. The number of hydrogen-bond acceptors (Lipinski definition) is 6. The molecule has 1 aliphatic rings. The summed E-state index contributed by atoms with van der Waals surface area (Å²) in [5.41, 5.74) is 4.46. The van der Waals surface area contributed by atoms with Gasteiger partial charge < -0.3 is 15.3 Å². The zero-order chi connectivity index (χ0) is 23.5. The highest BCUT2D eigenvalue weighted by atomic mass is 19.1. The van der Waals surface area contributed by atoms with Gasteiger partial charge in [0, 0.05) is 43.6 Å². The quantitative estimate of drug-likeness (QED) is 0.435. The molecule has 0 saturated carbocycles. The topological polar surface area (TPSA) is 78.6 Å². The Balaban J connectivity index is 1.26. The Morgan fingerprint density at radius 3 is 2.76 bits per heavy atom. The van der Waals surface area contributed by atoms with Crippen molar-refractivity contribution in [2.24, 2.45) is 0 Å². The molecule has 34 heavy (non-hydrogen) atoms. The van der Waals surface area contributed by atoms with E-state index in [2.05, 4.69) is 31.7 Å². The minimum atomic E-state index is -0.340. The number of aliphatic hydroxyl groups excluding tert-OH is 1. The maximum Gasteiger partial charge on any atom is 0.180 e. The lowest BCUT2D eigenvalue weighted by Crippen LogP contribution is -2.41. The van der Waals surface area contributed by atoms with E-state index in [0.29, 0.717) is 17.2 Å². The van der Waals surface area contributed by atoms with Gasteiger partial charge in [-0.3, -0.25) is 4.40 Å². The molecule has 1 unspecified atom stereocenters. The van der Waals surface area contributed by atoms with Crippen LogP contribution in [0.25, 0.3) is 17.2 Å². The second-order valence-corrected chi connectivity index (χ2v) is 8.63. The number of likely N-dealkylation sites (tertiary alicyclic amines) is 1. The molecule has 1 aromatic carbocycles. The van der Waals surface area contributed by atoms with Gasteiger partial charge in [0.2, 0.25) is 0 Å². The number of anilines is 1. The van der Waals surface area contributed by atoms with Crippen LogP contribution in [0.15, 0.2) is 73.3 Å². The molecule has 8 heteroatoms. The highest BCUT2D eigenvalue weighted by Gasteiger charge is 2.21. The summed E-state index contributed by atoms with van der Waals surface area (Å²) in [7, 11) is 0. The first-order chi connectivity index (χ1) is 16.6. The smallest absolute Gasteiger partial charge is 0.180 e. The number of fused-ring (bicyclic) bond motifs is 1. The summed E-state index contributed by atoms with van der Waals surface area (Å²) in [6, 6.07) is 13.1. The number of piperidine rings is 1. The third-order valence-electron chi connectivity index (χ3n) is 6.19. The molecule has 1 atom stereocenters. The van der Waals surface area contributed by atoms with E-state index in [1.807, 2.05) is 30.3 Å². The summed E-state index contributed by atoms with van der Waals surface area (Å²) in [5.74, 6) is 0.882. The Morgan fingerprint density at radius 1 is 1.12 bits per heavy atom. The second kappa shape index (κ2) is 9.61. The summed E-state index contributed by atoms with van der Waals surface area (Å²) in [4.78, 5) is 15.7. The Kier molecular flexibility index (Phi) is 6.22. The average molecular weight is 459 g/mol. The predicted molar refractivity (Wildman–Crippen MR) is 130 cm³/mol. The third-order valence-corrected chi connectivity index (χ3v) is 6.19. The number of nitrogens with one attached hydrogen (secondary N) is 1. The molecule has 1 aliphatic heterocycles. The average Bonchev–Trinajstić information content (AvgIpc) is 3.28. The van der Waals surface area contributed by atoms with E-state index in [9.17, 15) is 9.50 Å². The molecule has 4 aromatic rings. The van der Waals surface area contributed by atoms with E-state index in [4.69, 9.17) is 0 Å².